The first-order valence-corrected chi connectivity index (χ1v) is 13.5. The van der Waals surface area contributed by atoms with E-state index in [0.29, 0.717) is 11.3 Å². The van der Waals surface area contributed by atoms with E-state index in [1.165, 1.54) is 18.7 Å². The zero-order valence-corrected chi connectivity index (χ0v) is 21.8. The summed E-state index contributed by atoms with van der Waals surface area (Å²) in [4.78, 5) is 17.0. The largest absolute Gasteiger partial charge is 0.494 e. The average Bonchev–Trinajstić information content (AvgIpc) is 2.88. The van der Waals surface area contributed by atoms with Crippen LogP contribution in [0, 0.1) is 5.82 Å². The summed E-state index contributed by atoms with van der Waals surface area (Å²) < 4.78 is 19.5. The minimum absolute atomic E-state index is 0.0380. The molecule has 0 unspecified atom stereocenters. The van der Waals surface area contributed by atoms with Crippen LogP contribution in [0.1, 0.15) is 49.9 Å². The van der Waals surface area contributed by atoms with Crippen LogP contribution in [0.15, 0.2) is 53.0 Å². The van der Waals surface area contributed by atoms with Gasteiger partial charge in [-0.2, -0.15) is 0 Å². The third kappa shape index (κ3) is 5.73. The van der Waals surface area contributed by atoms with Crippen molar-refractivity contribution in [2.45, 2.75) is 39.5 Å². The molecule has 3 rings (SSSR count). The summed E-state index contributed by atoms with van der Waals surface area (Å²) in [5.74, 6) is 1.44. The third-order valence-electron chi connectivity index (χ3n) is 5.28. The number of methoxy groups -OCH3 is 1. The molecular weight excluding hydrogens is 477 g/mol. The predicted octanol–water partition coefficient (Wildman–Crippen LogP) is 7.55. The number of ether oxygens (including phenoxy) is 1. The molecule has 0 radical (unpaired) electrons. The van der Waals surface area contributed by atoms with Gasteiger partial charge in [-0.05, 0) is 67.3 Å². The summed E-state index contributed by atoms with van der Waals surface area (Å²) in [6, 6.07) is 8.82. The average molecular weight is 504 g/mol. The van der Waals surface area contributed by atoms with Crippen LogP contribution < -0.4 is 4.74 Å². The number of hydrogen-bond donors (Lipinski definition) is 0. The van der Waals surface area contributed by atoms with Crippen LogP contribution in [0.2, 0.25) is 5.02 Å². The minimum atomic E-state index is -0.527. The van der Waals surface area contributed by atoms with Crippen molar-refractivity contribution in [1.29, 1.82) is 0 Å². The third-order valence-corrected chi connectivity index (χ3v) is 8.01. The zero-order valence-electron chi connectivity index (χ0n) is 19.4. The van der Waals surface area contributed by atoms with Gasteiger partial charge in [0.1, 0.15) is 0 Å². The van der Waals surface area contributed by atoms with Gasteiger partial charge >= 0.3 is 0 Å². The fraction of sp³-hybridized carbons (Fsp3) is 0.308. The Morgan fingerprint density at radius 2 is 1.97 bits per heavy atom. The quantitative estimate of drug-likeness (QED) is 0.222. The predicted molar refractivity (Wildman–Crippen MR) is 141 cm³/mol. The molecule has 7 heteroatoms. The van der Waals surface area contributed by atoms with Gasteiger partial charge < -0.3 is 4.74 Å². The maximum absolute atomic E-state index is 14.3. The van der Waals surface area contributed by atoms with Crippen molar-refractivity contribution in [3.05, 3.63) is 81.2 Å². The Bertz CT molecular complexity index is 1160. The molecule has 0 N–H and O–H groups in total. The number of halogens is 2. The molecule has 1 atom stereocenters. The Labute approximate surface area is 207 Å². The van der Waals surface area contributed by atoms with E-state index in [9.17, 15) is 9.18 Å². The normalized spacial score (nSPS) is 18.2. The molecule has 2 aromatic carbocycles. The van der Waals surface area contributed by atoms with Crippen molar-refractivity contribution in [1.82, 2.24) is 0 Å². The van der Waals surface area contributed by atoms with Crippen molar-refractivity contribution in [2.24, 2.45) is 4.99 Å². The summed E-state index contributed by atoms with van der Waals surface area (Å²) in [5, 5.41) is 0.255. The molecule has 0 aliphatic carbocycles. The number of ketones is 1. The topological polar surface area (TPSA) is 38.7 Å². The number of carbonyl (C=O) groups is 1. The first-order valence-electron chi connectivity index (χ1n) is 10.7. The molecule has 0 amide bonds. The van der Waals surface area contributed by atoms with Crippen molar-refractivity contribution in [2.75, 3.05) is 12.9 Å². The van der Waals surface area contributed by atoms with Crippen molar-refractivity contribution in [3.8, 4) is 5.75 Å². The number of allylic oxidation sites excluding steroid dienone is 2. The van der Waals surface area contributed by atoms with Gasteiger partial charge in [-0.3, -0.25) is 9.79 Å². The molecule has 0 fully saturated rings. The Hall–Kier alpha value is -2.02. The van der Waals surface area contributed by atoms with Crippen LogP contribution >= 0.6 is 33.2 Å². The number of aliphatic imine (C=N–C) groups is 1. The Morgan fingerprint density at radius 3 is 2.61 bits per heavy atom. The monoisotopic (exact) mass is 503 g/mol. The van der Waals surface area contributed by atoms with E-state index in [-0.39, 0.29) is 22.6 Å². The fourth-order valence-electron chi connectivity index (χ4n) is 3.84. The number of fused-ring (bicyclic) bond motifs is 1. The Kier molecular flexibility index (Phi) is 8.85. The fourth-order valence-corrected chi connectivity index (χ4v) is 5.80. The van der Waals surface area contributed by atoms with Gasteiger partial charge in [-0.1, -0.05) is 58.3 Å². The van der Waals surface area contributed by atoms with E-state index in [1.54, 1.807) is 19.1 Å². The van der Waals surface area contributed by atoms with Crippen molar-refractivity contribution in [3.63, 3.8) is 0 Å². The van der Waals surface area contributed by atoms with Crippen LogP contribution in [0.4, 0.5) is 4.39 Å². The van der Waals surface area contributed by atoms with E-state index < -0.39 is 5.82 Å². The number of rotatable bonds is 7. The summed E-state index contributed by atoms with van der Waals surface area (Å²) in [5.41, 5.74) is 6.09. The first-order chi connectivity index (χ1) is 15.8. The highest BCUT2D eigenvalue weighted by Gasteiger charge is 2.27. The second-order valence-electron chi connectivity index (χ2n) is 7.58. The highest BCUT2D eigenvalue weighted by atomic mass is 35.5. The molecule has 3 nitrogen and oxygen atoms in total. The summed E-state index contributed by atoms with van der Waals surface area (Å²) in [6.07, 6.45) is 3.67. The summed E-state index contributed by atoms with van der Waals surface area (Å²) in [6.45, 7) is 7.59. The molecule has 2 aromatic rings. The smallest absolute Gasteiger partial charge is 0.166 e. The number of hydrogen-bond acceptors (Lipinski definition) is 5. The summed E-state index contributed by atoms with van der Waals surface area (Å²) in [7, 11) is 5.05. The lowest BCUT2D eigenvalue weighted by Gasteiger charge is -2.16. The molecule has 1 heterocycles. The zero-order chi connectivity index (χ0) is 24.1. The molecule has 0 spiro atoms. The lowest BCUT2D eigenvalue weighted by atomic mass is 9.88. The molecule has 33 heavy (non-hydrogen) atoms. The van der Waals surface area contributed by atoms with Gasteiger partial charge in [0.25, 0.3) is 0 Å². The molecule has 174 valence electrons. The highest BCUT2D eigenvalue weighted by molar-refractivity contribution is 8.76. The minimum Gasteiger partial charge on any atom is -0.494 e. The van der Waals surface area contributed by atoms with Gasteiger partial charge in [-0.15, -0.1) is 0 Å². The van der Waals surface area contributed by atoms with Crippen LogP contribution in [-0.2, 0) is 10.5 Å². The molecule has 0 saturated heterocycles. The second-order valence-corrected chi connectivity index (χ2v) is 10.7. The van der Waals surface area contributed by atoms with E-state index in [4.69, 9.17) is 21.3 Å². The lowest BCUT2D eigenvalue weighted by molar-refractivity contribution is -0.112. The van der Waals surface area contributed by atoms with E-state index in [1.807, 2.05) is 47.6 Å². The van der Waals surface area contributed by atoms with Crippen LogP contribution in [0.25, 0.3) is 5.57 Å². The van der Waals surface area contributed by atoms with Crippen molar-refractivity contribution >= 4 is 50.3 Å². The maximum Gasteiger partial charge on any atom is 0.166 e. The number of benzene rings is 2. The van der Waals surface area contributed by atoms with Crippen LogP contribution in [0.5, 0.6) is 5.75 Å². The highest BCUT2D eigenvalue weighted by Crippen LogP contribution is 2.38. The van der Waals surface area contributed by atoms with Crippen LogP contribution in [0.3, 0.4) is 0 Å². The van der Waals surface area contributed by atoms with Gasteiger partial charge in [0.2, 0.25) is 0 Å². The second kappa shape index (κ2) is 11.4. The molecule has 0 saturated carbocycles. The first kappa shape index (κ1) is 25.6. The Morgan fingerprint density at radius 1 is 1.21 bits per heavy atom. The lowest BCUT2D eigenvalue weighted by Crippen LogP contribution is -2.10. The molecule has 0 bridgehead atoms. The van der Waals surface area contributed by atoms with E-state index in [0.717, 1.165) is 33.8 Å². The standard InChI is InChI=1S/C26H27ClFNO2S2/c1-6-18-20(10-15(3)30)16(4)29-26(22-12-25(31-5)24(28)13-23(22)27)19-9-8-17(11-21(18)19)14-33-32-7-2/h6,8-13,16H,7,14H2,1-5H3/b18-6?,20-10-/t16-/m0/s1. The van der Waals surface area contributed by atoms with Gasteiger partial charge in [0.15, 0.2) is 17.3 Å². The molecule has 0 aromatic heterocycles. The maximum atomic E-state index is 14.3. The van der Waals surface area contributed by atoms with Gasteiger partial charge in [-0.25, -0.2) is 4.39 Å². The SMILES string of the molecule is CC=C1/C(=C\C(C)=O)[C@H](C)N=C(c2cc(OC)c(F)cc2Cl)c2ccc(CSSCC)cc21. The van der Waals surface area contributed by atoms with E-state index in [2.05, 4.69) is 19.1 Å². The van der Waals surface area contributed by atoms with Crippen molar-refractivity contribution < 1.29 is 13.9 Å². The number of carbonyl (C=O) groups excluding carboxylic acids is 1. The molecule has 1 aliphatic rings. The van der Waals surface area contributed by atoms with Gasteiger partial charge in [0.05, 0.1) is 23.9 Å². The number of nitrogens with zero attached hydrogens (tertiary/aromatic N) is 1. The van der Waals surface area contributed by atoms with E-state index >= 15 is 0 Å². The van der Waals surface area contributed by atoms with Crippen LogP contribution in [-0.4, -0.2) is 30.4 Å². The Balaban J connectivity index is 2.29. The summed E-state index contributed by atoms with van der Waals surface area (Å²) >= 11 is 6.50. The molecular formula is C26H27ClFNO2S2. The molecule has 1 aliphatic heterocycles. The van der Waals surface area contributed by atoms with Gasteiger partial charge in [0, 0.05) is 22.6 Å².